The van der Waals surface area contributed by atoms with Gasteiger partial charge in [-0.3, -0.25) is 0 Å². The van der Waals surface area contributed by atoms with E-state index in [9.17, 15) is 0 Å². The van der Waals surface area contributed by atoms with Crippen LogP contribution in [-0.2, 0) is 6.54 Å². The second-order valence-corrected chi connectivity index (χ2v) is 4.05. The molecule has 0 saturated carbocycles. The fraction of sp³-hybridized carbons (Fsp3) is 0.417. The molecule has 7 nitrogen and oxygen atoms in total. The molecule has 0 amide bonds. The molecule has 0 unspecified atom stereocenters. The topological polar surface area (TPSA) is 76.3 Å². The lowest BCUT2D eigenvalue weighted by atomic mass is 10.2. The van der Waals surface area contributed by atoms with E-state index in [1.54, 1.807) is 13.3 Å². The van der Waals surface area contributed by atoms with Crippen LogP contribution in [-0.4, -0.2) is 36.2 Å². The van der Waals surface area contributed by atoms with Gasteiger partial charge in [-0.1, -0.05) is 0 Å². The minimum Gasteiger partial charge on any atom is -0.469 e. The summed E-state index contributed by atoms with van der Waals surface area (Å²) in [5.41, 5.74) is 1.09. The molecule has 102 valence electrons. The maximum Gasteiger partial charge on any atom is 0.322 e. The van der Waals surface area contributed by atoms with Gasteiger partial charge >= 0.3 is 6.01 Å². The number of aryl methyl sites for hydroxylation is 1. The normalized spacial score (nSPS) is 10.3. The largest absolute Gasteiger partial charge is 0.469 e. The lowest BCUT2D eigenvalue weighted by Gasteiger charge is -2.17. The highest BCUT2D eigenvalue weighted by Gasteiger charge is 2.12. The van der Waals surface area contributed by atoms with E-state index in [4.69, 9.17) is 9.15 Å². The number of rotatable bonds is 5. The maximum absolute atomic E-state index is 5.27. The van der Waals surface area contributed by atoms with E-state index in [-0.39, 0.29) is 6.01 Å². The lowest BCUT2D eigenvalue weighted by molar-refractivity contribution is 0.379. The van der Waals surface area contributed by atoms with E-state index in [1.165, 1.54) is 7.11 Å². The third-order valence-corrected chi connectivity index (χ3v) is 2.72. The van der Waals surface area contributed by atoms with Crippen LogP contribution in [0.4, 0.5) is 11.9 Å². The van der Waals surface area contributed by atoms with Crippen LogP contribution in [0.5, 0.6) is 6.01 Å². The van der Waals surface area contributed by atoms with Crippen molar-refractivity contribution < 1.29 is 9.15 Å². The third-order valence-electron chi connectivity index (χ3n) is 2.72. The van der Waals surface area contributed by atoms with Crippen LogP contribution < -0.4 is 15.0 Å². The molecule has 2 rings (SSSR count). The number of ether oxygens (including phenoxy) is 1. The average molecular weight is 263 g/mol. The summed E-state index contributed by atoms with van der Waals surface area (Å²) in [7, 11) is 5.18. The van der Waals surface area contributed by atoms with Gasteiger partial charge in [-0.25, -0.2) is 0 Å². The highest BCUT2D eigenvalue weighted by atomic mass is 16.5. The van der Waals surface area contributed by atoms with Crippen molar-refractivity contribution in [2.45, 2.75) is 13.5 Å². The Morgan fingerprint density at radius 1 is 1.37 bits per heavy atom. The van der Waals surface area contributed by atoms with Crippen molar-refractivity contribution >= 4 is 11.9 Å². The first-order valence-corrected chi connectivity index (χ1v) is 5.86. The summed E-state index contributed by atoms with van der Waals surface area (Å²) >= 11 is 0. The SMILES string of the molecule is CNc1nc(OC)nc(N(C)Cc2ccoc2C)n1. The van der Waals surface area contributed by atoms with Crippen molar-refractivity contribution in [1.82, 2.24) is 15.0 Å². The standard InChI is InChI=1S/C12H17N5O2/c1-8-9(5-6-19-8)7-17(3)11-14-10(13-2)15-12(16-11)18-4/h5-6H,7H2,1-4H3,(H,13,14,15,16). The Morgan fingerprint density at radius 3 is 2.74 bits per heavy atom. The van der Waals surface area contributed by atoms with Gasteiger partial charge in [0, 0.05) is 26.2 Å². The second kappa shape index (κ2) is 5.55. The minimum atomic E-state index is 0.283. The Balaban J connectivity index is 2.23. The van der Waals surface area contributed by atoms with Gasteiger partial charge in [-0.15, -0.1) is 0 Å². The monoisotopic (exact) mass is 263 g/mol. The number of hydrogen-bond donors (Lipinski definition) is 1. The predicted octanol–water partition coefficient (Wildman–Crippen LogP) is 1.46. The Kier molecular flexibility index (Phi) is 3.84. The molecule has 7 heteroatoms. The van der Waals surface area contributed by atoms with E-state index in [1.807, 2.05) is 24.9 Å². The number of furan rings is 1. The van der Waals surface area contributed by atoms with Crippen molar-refractivity contribution in [3.05, 3.63) is 23.7 Å². The minimum absolute atomic E-state index is 0.283. The summed E-state index contributed by atoms with van der Waals surface area (Å²) in [6.45, 7) is 2.58. The molecule has 19 heavy (non-hydrogen) atoms. The predicted molar refractivity (Wildman–Crippen MR) is 71.5 cm³/mol. The number of hydrogen-bond acceptors (Lipinski definition) is 7. The van der Waals surface area contributed by atoms with E-state index in [0.29, 0.717) is 18.4 Å². The average Bonchev–Trinajstić information content (AvgIpc) is 2.83. The van der Waals surface area contributed by atoms with Gasteiger partial charge in [0.15, 0.2) is 0 Å². The molecular weight excluding hydrogens is 246 g/mol. The number of methoxy groups -OCH3 is 1. The summed E-state index contributed by atoms with van der Waals surface area (Å²) in [6, 6.07) is 2.22. The zero-order chi connectivity index (χ0) is 13.8. The zero-order valence-corrected chi connectivity index (χ0v) is 11.5. The Hall–Kier alpha value is -2.31. The lowest BCUT2D eigenvalue weighted by Crippen LogP contribution is -2.20. The fourth-order valence-corrected chi connectivity index (χ4v) is 1.62. The number of nitrogens with zero attached hydrogens (tertiary/aromatic N) is 4. The molecule has 0 aliphatic rings. The molecule has 0 atom stereocenters. The first kappa shape index (κ1) is 13.1. The Labute approximate surface area is 111 Å². The van der Waals surface area contributed by atoms with Gasteiger partial charge in [0.1, 0.15) is 5.76 Å². The summed E-state index contributed by atoms with van der Waals surface area (Å²) in [5, 5.41) is 2.88. The van der Waals surface area contributed by atoms with Gasteiger partial charge in [0.2, 0.25) is 11.9 Å². The first-order valence-electron chi connectivity index (χ1n) is 5.86. The van der Waals surface area contributed by atoms with Crippen molar-refractivity contribution in [2.75, 3.05) is 31.4 Å². The number of aromatic nitrogens is 3. The number of anilines is 2. The Bertz CT molecular complexity index is 533. The van der Waals surface area contributed by atoms with Gasteiger partial charge in [-0.2, -0.15) is 15.0 Å². The first-order chi connectivity index (χ1) is 9.13. The number of nitrogens with one attached hydrogen (secondary N) is 1. The van der Waals surface area contributed by atoms with Crippen LogP contribution in [0.25, 0.3) is 0 Å². The molecule has 2 aromatic rings. The van der Waals surface area contributed by atoms with Crippen LogP contribution in [0.3, 0.4) is 0 Å². The molecular formula is C12H17N5O2. The fourth-order valence-electron chi connectivity index (χ4n) is 1.62. The molecule has 0 spiro atoms. The molecule has 0 aliphatic carbocycles. The van der Waals surface area contributed by atoms with E-state index >= 15 is 0 Å². The van der Waals surface area contributed by atoms with Crippen molar-refractivity contribution in [3.63, 3.8) is 0 Å². The van der Waals surface area contributed by atoms with Gasteiger partial charge in [0.05, 0.1) is 13.4 Å². The summed E-state index contributed by atoms with van der Waals surface area (Å²) in [6.07, 6.45) is 1.67. The quantitative estimate of drug-likeness (QED) is 0.875. The zero-order valence-electron chi connectivity index (χ0n) is 11.5. The van der Waals surface area contributed by atoms with E-state index < -0.39 is 0 Å². The van der Waals surface area contributed by atoms with E-state index in [0.717, 1.165) is 11.3 Å². The highest BCUT2D eigenvalue weighted by molar-refractivity contribution is 5.38. The third kappa shape index (κ3) is 2.93. The van der Waals surface area contributed by atoms with Crippen LogP contribution in [0.15, 0.2) is 16.7 Å². The molecule has 0 aromatic carbocycles. The van der Waals surface area contributed by atoms with E-state index in [2.05, 4.69) is 20.3 Å². The van der Waals surface area contributed by atoms with Crippen molar-refractivity contribution in [3.8, 4) is 6.01 Å². The van der Waals surface area contributed by atoms with Gasteiger partial charge in [0.25, 0.3) is 0 Å². The molecule has 2 aromatic heterocycles. The molecule has 0 bridgehead atoms. The van der Waals surface area contributed by atoms with Crippen molar-refractivity contribution in [2.24, 2.45) is 0 Å². The molecule has 0 radical (unpaired) electrons. The van der Waals surface area contributed by atoms with Crippen LogP contribution in [0.1, 0.15) is 11.3 Å². The van der Waals surface area contributed by atoms with Gasteiger partial charge < -0.3 is 19.4 Å². The van der Waals surface area contributed by atoms with Crippen LogP contribution in [0, 0.1) is 6.92 Å². The maximum atomic E-state index is 5.27. The molecule has 0 fully saturated rings. The van der Waals surface area contributed by atoms with Crippen LogP contribution in [0.2, 0.25) is 0 Å². The molecule has 0 aliphatic heterocycles. The highest BCUT2D eigenvalue weighted by Crippen LogP contribution is 2.17. The molecule has 1 N–H and O–H groups in total. The summed E-state index contributed by atoms with van der Waals surface area (Å²) < 4.78 is 10.3. The molecule has 2 heterocycles. The Morgan fingerprint density at radius 2 is 2.16 bits per heavy atom. The van der Waals surface area contributed by atoms with Gasteiger partial charge in [-0.05, 0) is 13.0 Å². The van der Waals surface area contributed by atoms with Crippen molar-refractivity contribution in [1.29, 1.82) is 0 Å². The molecule has 0 saturated heterocycles. The second-order valence-electron chi connectivity index (χ2n) is 4.05. The smallest absolute Gasteiger partial charge is 0.322 e. The summed E-state index contributed by atoms with van der Waals surface area (Å²) in [5.74, 6) is 1.90. The summed E-state index contributed by atoms with van der Waals surface area (Å²) in [4.78, 5) is 14.5. The van der Waals surface area contributed by atoms with Crippen LogP contribution >= 0.6 is 0 Å².